The number of nitrogen functional groups attached to an aromatic ring is 2. The van der Waals surface area contributed by atoms with E-state index in [9.17, 15) is 10.2 Å². The fourth-order valence-electron chi connectivity index (χ4n) is 19.0. The third kappa shape index (κ3) is 5.85. The van der Waals surface area contributed by atoms with E-state index in [1.165, 1.54) is 132 Å². The number of rotatable bonds is 8. The van der Waals surface area contributed by atoms with Gasteiger partial charge in [-0.2, -0.15) is 0 Å². The molecule has 6 heteroatoms. The molecule has 2 atom stereocenters. The summed E-state index contributed by atoms with van der Waals surface area (Å²) in [6.07, 6.45) is 22.8. The van der Waals surface area contributed by atoms with E-state index in [2.05, 4.69) is 62.4 Å². The summed E-state index contributed by atoms with van der Waals surface area (Å²) in [4.78, 5) is 0. The van der Waals surface area contributed by atoms with E-state index >= 15 is 0 Å². The molecule has 12 saturated carbocycles. The van der Waals surface area contributed by atoms with Crippen LogP contribution in [-0.4, -0.2) is 10.2 Å². The molecule has 0 amide bonds. The zero-order valence-corrected chi connectivity index (χ0v) is 37.0. The van der Waals surface area contributed by atoms with Crippen LogP contribution in [0.3, 0.4) is 0 Å². The Morgan fingerprint density at radius 3 is 1.35 bits per heavy atom. The summed E-state index contributed by atoms with van der Waals surface area (Å²) in [7, 11) is 0. The van der Waals surface area contributed by atoms with Crippen molar-refractivity contribution in [2.75, 3.05) is 11.5 Å². The molecule has 6 nitrogen and oxygen atoms in total. The minimum atomic E-state index is 0.0158. The van der Waals surface area contributed by atoms with Crippen molar-refractivity contribution in [1.82, 2.24) is 0 Å². The predicted molar refractivity (Wildman–Crippen MR) is 246 cm³/mol. The Labute approximate surface area is 368 Å². The van der Waals surface area contributed by atoms with Crippen molar-refractivity contribution in [3.8, 4) is 45.6 Å². The average molecular weight is 831 g/mol. The van der Waals surface area contributed by atoms with Gasteiger partial charge in [0, 0.05) is 34.4 Å². The molecule has 12 bridgehead atoms. The summed E-state index contributed by atoms with van der Waals surface area (Å²) in [6, 6.07) is 23.2. The first-order chi connectivity index (χ1) is 29.7. The van der Waals surface area contributed by atoms with E-state index < -0.39 is 0 Å². The number of benzene rings is 4. The van der Waals surface area contributed by atoms with Crippen molar-refractivity contribution < 1.29 is 19.7 Å². The number of anilines is 2. The molecule has 4 aromatic carbocycles. The molecule has 0 aliphatic heterocycles. The van der Waals surface area contributed by atoms with Crippen LogP contribution in [0.5, 0.6) is 34.5 Å². The Balaban J connectivity index is 0.951. The molecule has 12 aliphatic carbocycles. The standard InChI is InChI=1S/C56H66N2O4/c1-52-20-38-21-53(2,29-52)31-56(28-38,30-52)39-7-8-49(62-51-19-47(60)45(58)17-43(51)55-25-35-12-36(26-55)14-37(13-35)27-55)41(15-39)40-5-3-4-6-48(40)61-50-18-46(59)44(57)16-42(50)54-22-32-9-33(23-54)11-34(10-32)24-54/h3-8,15-19,32-38,59-60H,9-14,20-31,57-58H2,1-2H3. The lowest BCUT2D eigenvalue weighted by Gasteiger charge is -2.65. The Hall–Kier alpha value is -4.32. The van der Waals surface area contributed by atoms with Crippen LogP contribution in [0.4, 0.5) is 11.4 Å². The van der Waals surface area contributed by atoms with Crippen molar-refractivity contribution in [1.29, 1.82) is 0 Å². The lowest BCUT2D eigenvalue weighted by atomic mass is 9.39. The quantitative estimate of drug-likeness (QED) is 0.104. The van der Waals surface area contributed by atoms with E-state index in [0.717, 1.165) is 75.6 Å². The van der Waals surface area contributed by atoms with Crippen molar-refractivity contribution >= 4 is 11.4 Å². The van der Waals surface area contributed by atoms with Crippen molar-refractivity contribution in [2.45, 2.75) is 146 Å². The summed E-state index contributed by atoms with van der Waals surface area (Å²) >= 11 is 0. The molecule has 4 aromatic rings. The molecule has 324 valence electrons. The van der Waals surface area contributed by atoms with Gasteiger partial charge < -0.3 is 31.2 Å². The van der Waals surface area contributed by atoms with E-state index in [1.54, 1.807) is 12.1 Å². The van der Waals surface area contributed by atoms with Gasteiger partial charge in [-0.25, -0.2) is 0 Å². The molecule has 2 unspecified atom stereocenters. The van der Waals surface area contributed by atoms with Gasteiger partial charge in [-0.05, 0) is 220 Å². The first kappa shape index (κ1) is 38.2. The zero-order chi connectivity index (χ0) is 42.0. The van der Waals surface area contributed by atoms with Crippen LogP contribution in [0.2, 0.25) is 0 Å². The van der Waals surface area contributed by atoms with E-state index in [1.807, 2.05) is 6.07 Å². The van der Waals surface area contributed by atoms with Crippen LogP contribution in [0.1, 0.15) is 146 Å². The Morgan fingerprint density at radius 1 is 0.452 bits per heavy atom. The summed E-state index contributed by atoms with van der Waals surface area (Å²) in [6.45, 7) is 5.13. The third-order valence-electron chi connectivity index (χ3n) is 19.3. The average Bonchev–Trinajstić information content (AvgIpc) is 3.18. The van der Waals surface area contributed by atoms with Gasteiger partial charge in [0.05, 0.1) is 11.4 Å². The highest BCUT2D eigenvalue weighted by atomic mass is 16.5. The number of para-hydroxylation sites is 1. The van der Waals surface area contributed by atoms with Crippen molar-refractivity contribution in [3.05, 3.63) is 83.4 Å². The van der Waals surface area contributed by atoms with Gasteiger partial charge in [-0.3, -0.25) is 0 Å². The number of hydrogen-bond acceptors (Lipinski definition) is 6. The lowest BCUT2D eigenvalue weighted by molar-refractivity contribution is -0.110. The van der Waals surface area contributed by atoms with Crippen molar-refractivity contribution in [3.63, 3.8) is 0 Å². The van der Waals surface area contributed by atoms with Crippen molar-refractivity contribution in [2.24, 2.45) is 52.3 Å². The number of phenols is 2. The Bertz CT molecular complexity index is 2430. The predicted octanol–water partition coefficient (Wildman–Crippen LogP) is 13.7. The smallest absolute Gasteiger partial charge is 0.142 e. The number of aromatic hydroxyl groups is 2. The first-order valence-corrected chi connectivity index (χ1v) is 24.6. The molecule has 0 aromatic heterocycles. The lowest BCUT2D eigenvalue weighted by Crippen LogP contribution is -2.56. The fourth-order valence-corrected chi connectivity index (χ4v) is 19.0. The minimum absolute atomic E-state index is 0.0158. The molecule has 12 fully saturated rings. The summed E-state index contributed by atoms with van der Waals surface area (Å²) in [5, 5.41) is 22.5. The van der Waals surface area contributed by atoms with Crippen LogP contribution in [0.15, 0.2) is 66.7 Å². The van der Waals surface area contributed by atoms with Gasteiger partial charge in [0.2, 0.25) is 0 Å². The first-order valence-electron chi connectivity index (χ1n) is 24.6. The SMILES string of the molecule is CC12CC3CC(C)(C1)CC(c1ccc(Oc4cc(O)c(N)cc4C45CC6CC(CC(C6)C4)C5)c(-c4ccccc4Oc4cc(O)c(N)cc4C45CC6CC(CC(C6)C4)C5)c1)(C3)C2. The number of phenolic OH excluding ortho intramolecular Hbond substituents is 2. The normalized spacial score (nSPS) is 40.3. The topological polar surface area (TPSA) is 111 Å². The second-order valence-corrected chi connectivity index (χ2v) is 24.5. The van der Waals surface area contributed by atoms with Gasteiger partial charge in [-0.15, -0.1) is 0 Å². The zero-order valence-electron chi connectivity index (χ0n) is 37.0. The Morgan fingerprint density at radius 2 is 0.887 bits per heavy atom. The molecule has 62 heavy (non-hydrogen) atoms. The summed E-state index contributed by atoms with van der Waals surface area (Å²) < 4.78 is 14.6. The largest absolute Gasteiger partial charge is 0.506 e. The Kier molecular flexibility index (Phi) is 7.95. The third-order valence-corrected chi connectivity index (χ3v) is 19.3. The molecule has 12 aliphatic rings. The second-order valence-electron chi connectivity index (χ2n) is 24.5. The maximum absolute atomic E-state index is 11.3. The van der Waals surface area contributed by atoms with Crippen LogP contribution in [-0.2, 0) is 16.2 Å². The highest BCUT2D eigenvalue weighted by Gasteiger charge is 2.61. The molecule has 0 heterocycles. The maximum Gasteiger partial charge on any atom is 0.142 e. The number of hydrogen-bond donors (Lipinski definition) is 4. The molecule has 0 radical (unpaired) electrons. The number of ether oxygens (including phenoxy) is 2. The number of nitrogens with two attached hydrogens (primary N) is 2. The van der Waals surface area contributed by atoms with Crippen LogP contribution in [0, 0.1) is 52.3 Å². The highest BCUT2D eigenvalue weighted by Crippen LogP contribution is 2.71. The molecular weight excluding hydrogens is 765 g/mol. The minimum Gasteiger partial charge on any atom is -0.506 e. The van der Waals surface area contributed by atoms with E-state index in [0.29, 0.717) is 22.2 Å². The molecule has 0 saturated heterocycles. The van der Waals surface area contributed by atoms with Gasteiger partial charge in [0.1, 0.15) is 34.5 Å². The van der Waals surface area contributed by atoms with Crippen LogP contribution < -0.4 is 20.9 Å². The summed E-state index contributed by atoms with van der Waals surface area (Å²) in [5.41, 5.74) is 20.6. The molecular formula is C56H66N2O4. The molecule has 6 N–H and O–H groups in total. The molecule has 0 spiro atoms. The van der Waals surface area contributed by atoms with Crippen LogP contribution >= 0.6 is 0 Å². The fraction of sp³-hybridized carbons (Fsp3) is 0.571. The molecule has 16 rings (SSSR count). The second kappa shape index (κ2) is 12.9. The summed E-state index contributed by atoms with van der Waals surface area (Å²) in [5.74, 6) is 8.39. The van der Waals surface area contributed by atoms with Crippen LogP contribution in [0.25, 0.3) is 11.1 Å². The highest BCUT2D eigenvalue weighted by molar-refractivity contribution is 5.78. The van der Waals surface area contributed by atoms with E-state index in [4.69, 9.17) is 20.9 Å². The van der Waals surface area contributed by atoms with Gasteiger partial charge >= 0.3 is 0 Å². The van der Waals surface area contributed by atoms with Gasteiger partial charge in [-0.1, -0.05) is 38.1 Å². The maximum atomic E-state index is 11.3. The van der Waals surface area contributed by atoms with E-state index in [-0.39, 0.29) is 27.7 Å². The van der Waals surface area contributed by atoms with Gasteiger partial charge in [0.15, 0.2) is 0 Å². The monoisotopic (exact) mass is 831 g/mol. The van der Waals surface area contributed by atoms with Gasteiger partial charge in [0.25, 0.3) is 0 Å².